The van der Waals surface area contributed by atoms with Gasteiger partial charge in [0, 0.05) is 50.9 Å². The Labute approximate surface area is 227 Å². The molecule has 10 heteroatoms. The summed E-state index contributed by atoms with van der Waals surface area (Å²) < 4.78 is 21.2. The third kappa shape index (κ3) is 5.18. The lowest BCUT2D eigenvalue weighted by Crippen LogP contribution is -2.29. The third-order valence-corrected chi connectivity index (χ3v) is 7.10. The van der Waals surface area contributed by atoms with E-state index in [1.807, 2.05) is 69.4 Å². The summed E-state index contributed by atoms with van der Waals surface area (Å²) in [6.07, 6.45) is 5.88. The van der Waals surface area contributed by atoms with Crippen molar-refractivity contribution in [2.45, 2.75) is 44.3 Å². The number of halogens is 1. The maximum Gasteiger partial charge on any atom is 0.163 e. The number of nitrogens with zero attached hydrogens (tertiary/aromatic N) is 6. The molecule has 2 fully saturated rings. The van der Waals surface area contributed by atoms with Crippen molar-refractivity contribution in [1.82, 2.24) is 14.5 Å². The van der Waals surface area contributed by atoms with Gasteiger partial charge in [0.1, 0.15) is 17.7 Å². The van der Waals surface area contributed by atoms with Gasteiger partial charge in [0.05, 0.1) is 41.2 Å². The minimum atomic E-state index is -0.692. The minimum Gasteiger partial charge on any atom is -0.493 e. The van der Waals surface area contributed by atoms with Crippen LogP contribution in [0, 0.1) is 5.92 Å². The molecule has 200 valence electrons. The van der Waals surface area contributed by atoms with Gasteiger partial charge in [-0.15, -0.1) is 0 Å². The molecule has 5 rings (SSSR count). The predicted molar refractivity (Wildman–Crippen MR) is 151 cm³/mol. The van der Waals surface area contributed by atoms with Gasteiger partial charge >= 0.3 is 0 Å². The lowest BCUT2D eigenvalue weighted by molar-refractivity contribution is -0.161. The van der Waals surface area contributed by atoms with Gasteiger partial charge in [-0.2, -0.15) is 0 Å². The van der Waals surface area contributed by atoms with Crippen molar-refractivity contribution in [2.75, 3.05) is 27.7 Å². The summed E-state index contributed by atoms with van der Waals surface area (Å²) in [5.41, 5.74) is 1.65. The number of aliphatic imine (C=N–C) groups is 3. The van der Waals surface area contributed by atoms with E-state index in [0.29, 0.717) is 23.3 Å². The molecule has 0 N–H and O–H groups in total. The van der Waals surface area contributed by atoms with E-state index >= 15 is 0 Å². The summed E-state index contributed by atoms with van der Waals surface area (Å²) in [5.74, 6) is 1.46. The number of aromatic nitrogens is 2. The molecular weight excluding hydrogens is 504 g/mol. The maximum atomic E-state index is 6.42. The smallest absolute Gasteiger partial charge is 0.163 e. The van der Waals surface area contributed by atoms with E-state index in [4.69, 9.17) is 25.8 Å². The molecule has 0 radical (unpaired) electrons. The van der Waals surface area contributed by atoms with E-state index in [1.165, 1.54) is 0 Å². The summed E-state index contributed by atoms with van der Waals surface area (Å²) in [7, 11) is 5.55. The molecule has 9 nitrogen and oxygen atoms in total. The molecule has 0 spiro atoms. The fraction of sp³-hybridized carbons (Fsp3) is 0.429. The summed E-state index contributed by atoms with van der Waals surface area (Å²) in [6, 6.07) is 9.70. The number of amidine groups is 1. The second-order valence-electron chi connectivity index (χ2n) is 10.3. The van der Waals surface area contributed by atoms with Crippen LogP contribution in [0.1, 0.15) is 31.9 Å². The number of hydrogen-bond donors (Lipinski definition) is 0. The van der Waals surface area contributed by atoms with Gasteiger partial charge in [-0.05, 0) is 51.3 Å². The molecule has 3 heterocycles. The summed E-state index contributed by atoms with van der Waals surface area (Å²) in [4.78, 5) is 19.5. The van der Waals surface area contributed by atoms with Crippen LogP contribution in [-0.2, 0) is 9.47 Å². The molecule has 3 aromatic rings. The highest BCUT2D eigenvalue weighted by Gasteiger charge is 2.55. The van der Waals surface area contributed by atoms with Gasteiger partial charge < -0.3 is 23.7 Å². The number of benzene rings is 1. The third-order valence-electron chi connectivity index (χ3n) is 6.90. The number of ether oxygens (including phenoxy) is 3. The van der Waals surface area contributed by atoms with E-state index in [0.717, 1.165) is 28.6 Å². The average Bonchev–Trinajstić information content (AvgIpc) is 3.53. The van der Waals surface area contributed by atoms with Gasteiger partial charge in [-0.25, -0.2) is 9.98 Å². The van der Waals surface area contributed by atoms with Gasteiger partial charge in [0.2, 0.25) is 0 Å². The minimum absolute atomic E-state index is 0.0130. The molecule has 0 amide bonds. The Morgan fingerprint density at radius 3 is 2.79 bits per heavy atom. The SMILES string of the molecule is C=Nc1c(C(N=CN(C)C)=NC)ccn1[C@@H]1C[C@H](COc2ccc3cc(Cl)cnc3c2)[C@H]2OC(C)(C)O[C@H]21. The van der Waals surface area contributed by atoms with E-state index in [2.05, 4.69) is 31.2 Å². The Hall–Kier alpha value is -3.27. The fourth-order valence-electron chi connectivity index (χ4n) is 5.33. The number of rotatable bonds is 7. The van der Waals surface area contributed by atoms with Crippen LogP contribution in [0.5, 0.6) is 5.75 Å². The molecule has 1 aliphatic heterocycles. The van der Waals surface area contributed by atoms with E-state index in [1.54, 1.807) is 19.6 Å². The van der Waals surface area contributed by atoms with Crippen LogP contribution < -0.4 is 4.74 Å². The van der Waals surface area contributed by atoms with Crippen molar-refractivity contribution in [3.8, 4) is 5.75 Å². The molecule has 0 unspecified atom stereocenters. The summed E-state index contributed by atoms with van der Waals surface area (Å²) in [6.45, 7) is 8.23. The Morgan fingerprint density at radius 2 is 2.05 bits per heavy atom. The highest BCUT2D eigenvalue weighted by molar-refractivity contribution is 6.31. The van der Waals surface area contributed by atoms with Crippen molar-refractivity contribution in [3.63, 3.8) is 0 Å². The normalized spacial score (nSPS) is 24.7. The highest BCUT2D eigenvalue weighted by Crippen LogP contribution is 2.48. The maximum absolute atomic E-state index is 6.42. The first-order chi connectivity index (χ1) is 18.2. The molecule has 0 bridgehead atoms. The number of fused-ring (bicyclic) bond motifs is 2. The Morgan fingerprint density at radius 1 is 1.26 bits per heavy atom. The van der Waals surface area contributed by atoms with Crippen molar-refractivity contribution in [2.24, 2.45) is 20.9 Å². The predicted octanol–water partition coefficient (Wildman–Crippen LogP) is 5.15. The van der Waals surface area contributed by atoms with E-state index in [-0.39, 0.29) is 24.2 Å². The molecule has 4 atom stereocenters. The van der Waals surface area contributed by atoms with Crippen molar-refractivity contribution < 1.29 is 14.2 Å². The van der Waals surface area contributed by atoms with Crippen LogP contribution in [0.25, 0.3) is 10.9 Å². The summed E-state index contributed by atoms with van der Waals surface area (Å²) in [5, 5.41) is 1.58. The Kier molecular flexibility index (Phi) is 7.26. The molecule has 1 saturated carbocycles. The van der Waals surface area contributed by atoms with Crippen LogP contribution in [-0.4, -0.2) is 79.1 Å². The first kappa shape index (κ1) is 26.3. The molecule has 1 aromatic carbocycles. The zero-order valence-corrected chi connectivity index (χ0v) is 23.1. The summed E-state index contributed by atoms with van der Waals surface area (Å²) >= 11 is 6.07. The second kappa shape index (κ2) is 10.5. The highest BCUT2D eigenvalue weighted by atomic mass is 35.5. The van der Waals surface area contributed by atoms with Gasteiger partial charge in [-0.3, -0.25) is 9.98 Å². The fourth-order valence-corrected chi connectivity index (χ4v) is 5.49. The standard InChI is InChI=1S/C28H33ClN6O3/c1-28(2)37-24-18(15-36-20-8-7-17-11-19(29)14-32-22(17)13-20)12-23(25(24)38-28)35-10-9-21(27(35)31-4)26(30-3)33-16-34(5)6/h7-11,13-14,16,18,23-25H,4,12,15H2,1-3,5-6H3/t18-,23-,24-,25+/m1/s1. The van der Waals surface area contributed by atoms with E-state index in [9.17, 15) is 0 Å². The molecule has 1 aliphatic carbocycles. The van der Waals surface area contributed by atoms with Gasteiger partial charge in [0.25, 0.3) is 0 Å². The number of hydrogen-bond acceptors (Lipinski definition) is 6. The first-order valence-electron chi connectivity index (χ1n) is 12.6. The quantitative estimate of drug-likeness (QED) is 0.308. The van der Waals surface area contributed by atoms with Gasteiger partial charge in [0.15, 0.2) is 11.6 Å². The Balaban J connectivity index is 1.39. The van der Waals surface area contributed by atoms with Crippen molar-refractivity contribution in [1.29, 1.82) is 0 Å². The topological polar surface area (TPSA) is 85.8 Å². The van der Waals surface area contributed by atoms with Crippen LogP contribution >= 0.6 is 11.6 Å². The van der Waals surface area contributed by atoms with Crippen LogP contribution in [0.4, 0.5) is 5.82 Å². The van der Waals surface area contributed by atoms with Crippen LogP contribution in [0.3, 0.4) is 0 Å². The lowest BCUT2D eigenvalue weighted by Gasteiger charge is -2.25. The average molecular weight is 537 g/mol. The number of pyridine rings is 1. The second-order valence-corrected chi connectivity index (χ2v) is 10.8. The monoisotopic (exact) mass is 536 g/mol. The zero-order chi connectivity index (χ0) is 27.0. The molecule has 38 heavy (non-hydrogen) atoms. The largest absolute Gasteiger partial charge is 0.493 e. The van der Waals surface area contributed by atoms with Gasteiger partial charge in [-0.1, -0.05) is 11.6 Å². The zero-order valence-electron chi connectivity index (χ0n) is 22.3. The Bertz CT molecular complexity index is 1400. The van der Waals surface area contributed by atoms with E-state index < -0.39 is 5.79 Å². The first-order valence-corrected chi connectivity index (χ1v) is 13.0. The van der Waals surface area contributed by atoms with Crippen LogP contribution in [0.2, 0.25) is 5.02 Å². The lowest BCUT2D eigenvalue weighted by atomic mass is 10.1. The van der Waals surface area contributed by atoms with Crippen molar-refractivity contribution >= 4 is 47.2 Å². The molecular formula is C28H33ClN6O3. The molecule has 2 aliphatic rings. The molecule has 1 saturated heterocycles. The van der Waals surface area contributed by atoms with Crippen molar-refractivity contribution in [3.05, 3.63) is 53.3 Å². The molecule has 2 aromatic heterocycles. The van der Waals surface area contributed by atoms with Crippen LogP contribution in [0.15, 0.2) is 57.7 Å².